The number of carbonyl (C=O) groups excluding carboxylic acids is 1. The van der Waals surface area contributed by atoms with E-state index >= 15 is 0 Å². The SMILES string of the molecule is Cc1ccc(C(=O)NCC23CC4CC(CC(Cl)(C4)C2)C3)cc1. The first-order valence-corrected chi connectivity index (χ1v) is 8.87. The van der Waals surface area contributed by atoms with Gasteiger partial charge in [-0.25, -0.2) is 0 Å². The summed E-state index contributed by atoms with van der Waals surface area (Å²) in [4.78, 5) is 12.4. The Morgan fingerprint density at radius 2 is 1.82 bits per heavy atom. The zero-order chi connectivity index (χ0) is 15.4. The fourth-order valence-corrected chi connectivity index (χ4v) is 6.34. The fourth-order valence-electron chi connectivity index (χ4n) is 5.62. The minimum atomic E-state index is 0.0265. The third-order valence-corrected chi connectivity index (χ3v) is 6.49. The summed E-state index contributed by atoms with van der Waals surface area (Å²) in [7, 11) is 0. The molecule has 0 radical (unpaired) electrons. The lowest BCUT2D eigenvalue weighted by Crippen LogP contribution is -2.56. The molecule has 4 saturated carbocycles. The number of amides is 1. The number of nitrogens with one attached hydrogen (secondary N) is 1. The Labute approximate surface area is 137 Å². The third kappa shape index (κ3) is 2.56. The van der Waals surface area contributed by atoms with Crippen LogP contribution in [0.4, 0.5) is 0 Å². The van der Waals surface area contributed by atoms with E-state index in [1.165, 1.54) is 37.7 Å². The molecule has 4 fully saturated rings. The molecule has 5 rings (SSSR count). The van der Waals surface area contributed by atoms with Gasteiger partial charge in [-0.05, 0) is 74.8 Å². The second-order valence-corrected chi connectivity index (χ2v) is 8.96. The van der Waals surface area contributed by atoms with Crippen LogP contribution < -0.4 is 5.32 Å². The van der Waals surface area contributed by atoms with Crippen molar-refractivity contribution < 1.29 is 4.79 Å². The number of halogens is 1. The van der Waals surface area contributed by atoms with Crippen LogP contribution in [0.5, 0.6) is 0 Å². The molecule has 0 aliphatic heterocycles. The number of carbonyl (C=O) groups is 1. The predicted molar refractivity (Wildman–Crippen MR) is 89.2 cm³/mol. The van der Waals surface area contributed by atoms with E-state index in [0.29, 0.717) is 0 Å². The Morgan fingerprint density at radius 1 is 1.18 bits per heavy atom. The highest BCUT2D eigenvalue weighted by atomic mass is 35.5. The summed E-state index contributed by atoms with van der Waals surface area (Å²) in [5, 5.41) is 3.20. The average Bonchev–Trinajstić information content (AvgIpc) is 2.43. The highest BCUT2D eigenvalue weighted by Gasteiger charge is 2.56. The van der Waals surface area contributed by atoms with E-state index in [9.17, 15) is 4.79 Å². The summed E-state index contributed by atoms with van der Waals surface area (Å²) in [5.41, 5.74) is 2.20. The monoisotopic (exact) mass is 317 g/mol. The number of benzene rings is 1. The summed E-state index contributed by atoms with van der Waals surface area (Å²) < 4.78 is 0. The highest BCUT2D eigenvalue weighted by Crippen LogP contribution is 2.63. The largest absolute Gasteiger partial charge is 0.351 e. The molecule has 0 heterocycles. The minimum Gasteiger partial charge on any atom is -0.351 e. The Hall–Kier alpha value is -1.02. The number of alkyl halides is 1. The quantitative estimate of drug-likeness (QED) is 0.827. The van der Waals surface area contributed by atoms with Crippen LogP contribution in [0.1, 0.15) is 54.4 Å². The zero-order valence-corrected chi connectivity index (χ0v) is 14.0. The number of hydrogen-bond donors (Lipinski definition) is 1. The van der Waals surface area contributed by atoms with Crippen molar-refractivity contribution in [3.8, 4) is 0 Å². The van der Waals surface area contributed by atoms with Gasteiger partial charge >= 0.3 is 0 Å². The molecule has 4 aliphatic rings. The van der Waals surface area contributed by atoms with Crippen LogP contribution in [0.2, 0.25) is 0 Å². The Bertz CT molecular complexity index is 580. The summed E-state index contributed by atoms with van der Waals surface area (Å²) in [6.07, 6.45) is 7.35. The first-order valence-electron chi connectivity index (χ1n) is 8.49. The maximum atomic E-state index is 12.4. The lowest BCUT2D eigenvalue weighted by molar-refractivity contribution is -0.0379. The van der Waals surface area contributed by atoms with Crippen LogP contribution >= 0.6 is 11.6 Å². The molecule has 1 N–H and O–H groups in total. The molecular formula is C19H24ClNO. The Balaban J connectivity index is 1.45. The fraction of sp³-hybridized carbons (Fsp3) is 0.632. The second kappa shape index (κ2) is 4.99. The second-order valence-electron chi connectivity index (χ2n) is 8.16. The maximum Gasteiger partial charge on any atom is 0.251 e. The average molecular weight is 318 g/mol. The van der Waals surface area contributed by atoms with Gasteiger partial charge in [0.15, 0.2) is 0 Å². The molecule has 118 valence electrons. The van der Waals surface area contributed by atoms with Gasteiger partial charge < -0.3 is 5.32 Å². The molecule has 3 heteroatoms. The summed E-state index contributed by atoms with van der Waals surface area (Å²) in [6.45, 7) is 2.83. The first-order chi connectivity index (χ1) is 10.5. The van der Waals surface area contributed by atoms with Gasteiger partial charge in [0, 0.05) is 17.0 Å². The molecule has 1 amide bonds. The smallest absolute Gasteiger partial charge is 0.251 e. The van der Waals surface area contributed by atoms with Crippen LogP contribution in [0, 0.1) is 24.2 Å². The molecule has 2 atom stereocenters. The molecule has 4 bridgehead atoms. The first kappa shape index (κ1) is 14.6. The van der Waals surface area contributed by atoms with Gasteiger partial charge in [-0.1, -0.05) is 17.7 Å². The van der Waals surface area contributed by atoms with Crippen LogP contribution in [-0.2, 0) is 0 Å². The summed E-state index contributed by atoms with van der Waals surface area (Å²) in [6, 6.07) is 7.81. The van der Waals surface area contributed by atoms with Crippen molar-refractivity contribution in [1.82, 2.24) is 5.32 Å². The third-order valence-electron chi connectivity index (χ3n) is 6.05. The standard InChI is InChI=1S/C19H24ClNO/c1-13-2-4-16(5-3-13)17(22)21-12-18-7-14-6-15(8-18)10-19(20,9-14)11-18/h2-5,14-15H,6-12H2,1H3,(H,21,22). The normalized spacial score (nSPS) is 39.0. The molecule has 2 unspecified atom stereocenters. The van der Waals surface area contributed by atoms with Crippen molar-refractivity contribution in [1.29, 1.82) is 0 Å². The van der Waals surface area contributed by atoms with Crippen molar-refractivity contribution in [2.45, 2.75) is 50.3 Å². The topological polar surface area (TPSA) is 29.1 Å². The van der Waals surface area contributed by atoms with Gasteiger partial charge in [-0.2, -0.15) is 0 Å². The minimum absolute atomic E-state index is 0.0265. The molecule has 1 aromatic carbocycles. The molecule has 4 aliphatic carbocycles. The van der Waals surface area contributed by atoms with E-state index in [1.807, 2.05) is 31.2 Å². The van der Waals surface area contributed by atoms with Crippen LogP contribution in [-0.4, -0.2) is 17.3 Å². The molecule has 22 heavy (non-hydrogen) atoms. The van der Waals surface area contributed by atoms with E-state index in [2.05, 4.69) is 5.32 Å². The lowest BCUT2D eigenvalue weighted by atomic mass is 9.49. The van der Waals surface area contributed by atoms with E-state index in [1.54, 1.807) is 0 Å². The van der Waals surface area contributed by atoms with Gasteiger partial charge in [-0.15, -0.1) is 11.6 Å². The lowest BCUT2D eigenvalue weighted by Gasteiger charge is -2.60. The van der Waals surface area contributed by atoms with Gasteiger partial charge in [0.05, 0.1) is 0 Å². The summed E-state index contributed by atoms with van der Waals surface area (Å²) >= 11 is 6.86. The maximum absolute atomic E-state index is 12.4. The number of aryl methyl sites for hydroxylation is 1. The molecule has 0 saturated heterocycles. The van der Waals surface area contributed by atoms with Crippen LogP contribution in [0.3, 0.4) is 0 Å². The number of hydrogen-bond acceptors (Lipinski definition) is 1. The predicted octanol–water partition coefficient (Wildman–Crippen LogP) is 4.30. The van der Waals surface area contributed by atoms with Crippen molar-refractivity contribution in [2.75, 3.05) is 6.54 Å². The van der Waals surface area contributed by atoms with E-state index in [-0.39, 0.29) is 16.2 Å². The van der Waals surface area contributed by atoms with Crippen molar-refractivity contribution in [3.05, 3.63) is 35.4 Å². The molecule has 0 aromatic heterocycles. The Kier molecular flexibility index (Phi) is 3.30. The van der Waals surface area contributed by atoms with Crippen molar-refractivity contribution >= 4 is 17.5 Å². The zero-order valence-electron chi connectivity index (χ0n) is 13.2. The van der Waals surface area contributed by atoms with E-state index in [0.717, 1.165) is 30.4 Å². The van der Waals surface area contributed by atoms with E-state index in [4.69, 9.17) is 11.6 Å². The Morgan fingerprint density at radius 3 is 2.41 bits per heavy atom. The van der Waals surface area contributed by atoms with Crippen molar-refractivity contribution in [2.24, 2.45) is 17.3 Å². The van der Waals surface area contributed by atoms with Gasteiger partial charge in [0.2, 0.25) is 0 Å². The van der Waals surface area contributed by atoms with Crippen LogP contribution in [0.25, 0.3) is 0 Å². The van der Waals surface area contributed by atoms with Gasteiger partial charge in [0.25, 0.3) is 5.91 Å². The number of rotatable bonds is 3. The summed E-state index contributed by atoms with van der Waals surface area (Å²) in [5.74, 6) is 1.63. The van der Waals surface area contributed by atoms with Gasteiger partial charge in [-0.3, -0.25) is 4.79 Å². The molecule has 0 spiro atoms. The van der Waals surface area contributed by atoms with Crippen LogP contribution in [0.15, 0.2) is 24.3 Å². The highest BCUT2D eigenvalue weighted by molar-refractivity contribution is 6.24. The van der Waals surface area contributed by atoms with Crippen molar-refractivity contribution in [3.63, 3.8) is 0 Å². The molecule has 2 nitrogen and oxygen atoms in total. The molecular weight excluding hydrogens is 294 g/mol. The van der Waals surface area contributed by atoms with Gasteiger partial charge in [0.1, 0.15) is 0 Å². The van der Waals surface area contributed by atoms with E-state index < -0.39 is 0 Å². The molecule has 1 aromatic rings.